The van der Waals surface area contributed by atoms with Gasteiger partial charge in [-0.2, -0.15) is 0 Å². The summed E-state index contributed by atoms with van der Waals surface area (Å²) in [5.41, 5.74) is 7.53. The van der Waals surface area contributed by atoms with Crippen LogP contribution in [0.4, 0.5) is 0 Å². The number of rotatable bonds is 4. The van der Waals surface area contributed by atoms with Crippen LogP contribution >= 0.6 is 0 Å². The van der Waals surface area contributed by atoms with Gasteiger partial charge < -0.3 is 0 Å². The molecule has 0 bridgehead atoms. The highest BCUT2D eigenvalue weighted by molar-refractivity contribution is 6.14. The van der Waals surface area contributed by atoms with Gasteiger partial charge in [0.2, 0.25) is 0 Å². The van der Waals surface area contributed by atoms with Crippen LogP contribution in [0.25, 0.3) is 12.2 Å². The van der Waals surface area contributed by atoms with Crippen LogP contribution < -0.4 is 0 Å². The van der Waals surface area contributed by atoms with Gasteiger partial charge in [0.1, 0.15) is 0 Å². The Morgan fingerprint density at radius 3 is 1.61 bits per heavy atom. The van der Waals surface area contributed by atoms with Crippen molar-refractivity contribution in [3.63, 3.8) is 0 Å². The second-order valence-corrected chi connectivity index (χ2v) is 8.48. The molecule has 3 aromatic rings. The van der Waals surface area contributed by atoms with Crippen LogP contribution in [0.1, 0.15) is 40.8 Å². The second kappa shape index (κ2) is 9.28. The Bertz CT molecular complexity index is 1040. The Morgan fingerprint density at radius 2 is 1.16 bits per heavy atom. The van der Waals surface area contributed by atoms with Crippen LogP contribution in [-0.2, 0) is 4.79 Å². The number of piperidine rings is 1. The number of hydrogen-bond acceptors (Lipinski definition) is 2. The predicted molar refractivity (Wildman–Crippen MR) is 130 cm³/mol. The summed E-state index contributed by atoms with van der Waals surface area (Å²) < 4.78 is 0. The van der Waals surface area contributed by atoms with Crippen molar-refractivity contribution in [1.82, 2.24) is 4.90 Å². The molecule has 0 spiro atoms. The first-order chi connectivity index (χ1) is 15.0. The second-order valence-electron chi connectivity index (χ2n) is 8.48. The number of carbonyl (C=O) groups is 1. The highest BCUT2D eigenvalue weighted by Crippen LogP contribution is 2.29. The van der Waals surface area contributed by atoms with Crippen molar-refractivity contribution in [2.45, 2.75) is 26.8 Å². The number of benzene rings is 3. The van der Waals surface area contributed by atoms with Gasteiger partial charge in [-0.15, -0.1) is 0 Å². The van der Waals surface area contributed by atoms with Gasteiger partial charge in [-0.1, -0.05) is 90.0 Å². The molecule has 0 radical (unpaired) electrons. The Hall–Kier alpha value is -3.23. The molecule has 0 N–H and O–H groups in total. The molecule has 0 aromatic heterocycles. The summed E-state index contributed by atoms with van der Waals surface area (Å²) in [6.07, 6.45) is 4.10. The molecule has 0 saturated carbocycles. The lowest BCUT2D eigenvalue weighted by Gasteiger charge is -2.35. The summed E-state index contributed by atoms with van der Waals surface area (Å²) in [5, 5.41) is 0. The lowest BCUT2D eigenvalue weighted by molar-refractivity contribution is -0.113. The van der Waals surface area contributed by atoms with Crippen molar-refractivity contribution in [2.75, 3.05) is 13.1 Å². The minimum Gasteiger partial charge on any atom is -0.289 e. The monoisotopic (exact) mass is 407 g/mol. The average molecular weight is 408 g/mol. The van der Waals surface area contributed by atoms with Crippen molar-refractivity contribution in [3.05, 3.63) is 118 Å². The Balaban J connectivity index is 1.71. The number of ketones is 1. The molecule has 4 rings (SSSR count). The van der Waals surface area contributed by atoms with E-state index in [1.54, 1.807) is 0 Å². The smallest absolute Gasteiger partial charge is 0.187 e. The lowest BCUT2D eigenvalue weighted by atomic mass is 9.92. The Morgan fingerprint density at radius 1 is 0.710 bits per heavy atom. The van der Waals surface area contributed by atoms with E-state index in [0.29, 0.717) is 13.1 Å². The average Bonchev–Trinajstić information content (AvgIpc) is 2.79. The summed E-state index contributed by atoms with van der Waals surface area (Å²) in [6, 6.07) is 27.4. The zero-order chi connectivity index (χ0) is 21.8. The molecule has 2 heteroatoms. The first-order valence-electron chi connectivity index (χ1n) is 10.9. The molecule has 1 unspecified atom stereocenters. The SMILES string of the molecule is Cc1ccc(C=C2CN(C(C)c3ccccc3)CC(=Cc3ccc(C)cc3)C2=O)cc1. The van der Waals surface area contributed by atoms with E-state index in [4.69, 9.17) is 0 Å². The lowest BCUT2D eigenvalue weighted by Crippen LogP contribution is -2.39. The van der Waals surface area contributed by atoms with Crippen LogP contribution in [-0.4, -0.2) is 23.8 Å². The van der Waals surface area contributed by atoms with Gasteiger partial charge in [0.05, 0.1) is 0 Å². The number of Topliss-reactive ketones (excluding diaryl/α,β-unsaturated/α-hetero) is 1. The fraction of sp³-hybridized carbons (Fsp3) is 0.207. The maximum absolute atomic E-state index is 13.4. The fourth-order valence-electron chi connectivity index (χ4n) is 4.01. The third-order valence-electron chi connectivity index (χ3n) is 6.00. The number of nitrogens with zero attached hydrogens (tertiary/aromatic N) is 1. The molecule has 1 aliphatic rings. The summed E-state index contributed by atoms with van der Waals surface area (Å²) >= 11 is 0. The quantitative estimate of drug-likeness (QED) is 0.465. The van der Waals surface area contributed by atoms with Crippen molar-refractivity contribution in [1.29, 1.82) is 0 Å². The van der Waals surface area contributed by atoms with E-state index in [-0.39, 0.29) is 11.8 Å². The van der Waals surface area contributed by atoms with Gasteiger partial charge >= 0.3 is 0 Å². The van der Waals surface area contributed by atoms with Gasteiger partial charge in [0, 0.05) is 30.3 Å². The maximum Gasteiger partial charge on any atom is 0.187 e. The van der Waals surface area contributed by atoms with E-state index in [9.17, 15) is 4.79 Å². The summed E-state index contributed by atoms with van der Waals surface area (Å²) in [4.78, 5) is 15.8. The van der Waals surface area contributed by atoms with Gasteiger partial charge in [-0.05, 0) is 49.6 Å². The first-order valence-corrected chi connectivity index (χ1v) is 10.9. The maximum atomic E-state index is 13.4. The number of likely N-dealkylation sites (tertiary alicyclic amines) is 1. The molecule has 3 aromatic carbocycles. The minimum atomic E-state index is 0.151. The van der Waals surface area contributed by atoms with Gasteiger partial charge in [-0.25, -0.2) is 0 Å². The van der Waals surface area contributed by atoms with Crippen molar-refractivity contribution >= 4 is 17.9 Å². The minimum absolute atomic E-state index is 0.151. The van der Waals surface area contributed by atoms with Crippen molar-refractivity contribution < 1.29 is 4.79 Å². The standard InChI is InChI=1S/C29H29NO/c1-21-9-13-24(14-10-21)17-27-19-30(23(3)26-7-5-4-6-8-26)20-28(29(27)31)18-25-15-11-22(2)12-16-25/h4-18,23H,19-20H2,1-3H3. The van der Waals surface area contributed by atoms with Crippen LogP contribution in [0, 0.1) is 13.8 Å². The molecular formula is C29H29NO. The van der Waals surface area contributed by atoms with Crippen LogP contribution in [0.15, 0.2) is 90.0 Å². The molecule has 31 heavy (non-hydrogen) atoms. The molecule has 1 saturated heterocycles. The molecule has 0 aliphatic carbocycles. The van der Waals surface area contributed by atoms with E-state index in [0.717, 1.165) is 22.3 Å². The van der Waals surface area contributed by atoms with E-state index < -0.39 is 0 Å². The molecule has 156 valence electrons. The van der Waals surface area contributed by atoms with Crippen LogP contribution in [0.5, 0.6) is 0 Å². The molecule has 1 atom stereocenters. The van der Waals surface area contributed by atoms with Gasteiger partial charge in [-0.3, -0.25) is 9.69 Å². The largest absolute Gasteiger partial charge is 0.289 e. The van der Waals surface area contributed by atoms with Crippen LogP contribution in [0.2, 0.25) is 0 Å². The number of aryl methyl sites for hydroxylation is 2. The first kappa shape index (κ1) is 21.0. The van der Waals surface area contributed by atoms with E-state index in [1.807, 2.05) is 6.07 Å². The van der Waals surface area contributed by atoms with Crippen LogP contribution in [0.3, 0.4) is 0 Å². The zero-order valence-corrected chi connectivity index (χ0v) is 18.5. The van der Waals surface area contributed by atoms with E-state index in [2.05, 4.69) is 111 Å². The summed E-state index contributed by atoms with van der Waals surface area (Å²) in [6.45, 7) is 7.67. The normalized spacial score (nSPS) is 18.5. The van der Waals surface area contributed by atoms with Crippen molar-refractivity contribution in [3.8, 4) is 0 Å². The third-order valence-corrected chi connectivity index (χ3v) is 6.00. The fourth-order valence-corrected chi connectivity index (χ4v) is 4.01. The number of carbonyl (C=O) groups excluding carboxylic acids is 1. The zero-order valence-electron chi connectivity index (χ0n) is 18.5. The predicted octanol–water partition coefficient (Wildman–Crippen LogP) is 6.42. The highest BCUT2D eigenvalue weighted by atomic mass is 16.1. The summed E-state index contributed by atoms with van der Waals surface area (Å²) in [7, 11) is 0. The molecule has 1 heterocycles. The summed E-state index contributed by atoms with van der Waals surface area (Å²) in [5.74, 6) is 0.151. The Labute approximate surface area is 185 Å². The van der Waals surface area contributed by atoms with Crippen molar-refractivity contribution in [2.24, 2.45) is 0 Å². The molecule has 1 aliphatic heterocycles. The highest BCUT2D eigenvalue weighted by Gasteiger charge is 2.29. The molecular weight excluding hydrogens is 378 g/mol. The molecule has 1 fully saturated rings. The molecule has 0 amide bonds. The van der Waals surface area contributed by atoms with E-state index >= 15 is 0 Å². The number of hydrogen-bond donors (Lipinski definition) is 0. The molecule has 2 nitrogen and oxygen atoms in total. The third kappa shape index (κ3) is 5.10. The van der Waals surface area contributed by atoms with E-state index in [1.165, 1.54) is 16.7 Å². The topological polar surface area (TPSA) is 20.3 Å². The van der Waals surface area contributed by atoms with Gasteiger partial charge in [0.25, 0.3) is 0 Å². The Kier molecular flexibility index (Phi) is 6.29. The van der Waals surface area contributed by atoms with Gasteiger partial charge in [0.15, 0.2) is 5.78 Å².